The van der Waals surface area contributed by atoms with Crippen molar-refractivity contribution in [3.05, 3.63) is 0 Å². The van der Waals surface area contributed by atoms with Gasteiger partial charge in [-0.15, -0.1) is 0 Å². The van der Waals surface area contributed by atoms with Crippen LogP contribution in [0.5, 0.6) is 0 Å². The van der Waals surface area contributed by atoms with Gasteiger partial charge in [-0.2, -0.15) is 0 Å². The average molecular weight is 270 g/mol. The van der Waals surface area contributed by atoms with E-state index in [2.05, 4.69) is 24.2 Å². The van der Waals surface area contributed by atoms with Gasteiger partial charge in [0.25, 0.3) is 0 Å². The van der Waals surface area contributed by atoms with Crippen LogP contribution >= 0.6 is 0 Å². The highest BCUT2D eigenvalue weighted by Gasteiger charge is 2.36. The molecule has 0 radical (unpaired) electrons. The second-order valence-corrected chi connectivity index (χ2v) is 6.77. The molecule has 0 heterocycles. The molecule has 0 aliphatic heterocycles. The van der Waals surface area contributed by atoms with Crippen molar-refractivity contribution in [1.29, 1.82) is 0 Å². The molecule has 0 spiro atoms. The number of aliphatic carboxylic acids is 1. The highest BCUT2D eigenvalue weighted by molar-refractivity contribution is 5.78. The predicted octanol–water partition coefficient (Wildman–Crippen LogP) is 2.34. The third-order valence-electron chi connectivity index (χ3n) is 4.25. The SMILES string of the molecule is CC1CCC(N(C)CC(C)(NC(C)C)C(=O)O)CC1. The summed E-state index contributed by atoms with van der Waals surface area (Å²) in [6.07, 6.45) is 4.90. The van der Waals surface area contributed by atoms with E-state index < -0.39 is 11.5 Å². The Morgan fingerprint density at radius 2 is 1.89 bits per heavy atom. The van der Waals surface area contributed by atoms with E-state index in [0.29, 0.717) is 12.6 Å². The number of likely N-dealkylation sites (N-methyl/N-ethyl adjacent to an activating group) is 1. The molecule has 2 N–H and O–H groups in total. The van der Waals surface area contributed by atoms with Crippen molar-refractivity contribution in [2.75, 3.05) is 13.6 Å². The van der Waals surface area contributed by atoms with Crippen molar-refractivity contribution in [1.82, 2.24) is 10.2 Å². The van der Waals surface area contributed by atoms with Crippen molar-refractivity contribution < 1.29 is 9.90 Å². The Hall–Kier alpha value is -0.610. The van der Waals surface area contributed by atoms with Crippen LogP contribution in [0.2, 0.25) is 0 Å². The van der Waals surface area contributed by atoms with Crippen LogP contribution in [0.3, 0.4) is 0 Å². The van der Waals surface area contributed by atoms with Crippen LogP contribution in [0.15, 0.2) is 0 Å². The van der Waals surface area contributed by atoms with Gasteiger partial charge in [-0.25, -0.2) is 0 Å². The molecule has 1 unspecified atom stereocenters. The summed E-state index contributed by atoms with van der Waals surface area (Å²) in [5, 5.41) is 12.7. The highest BCUT2D eigenvalue weighted by atomic mass is 16.4. The van der Waals surface area contributed by atoms with Gasteiger partial charge in [-0.3, -0.25) is 10.1 Å². The lowest BCUT2D eigenvalue weighted by Gasteiger charge is -2.39. The summed E-state index contributed by atoms with van der Waals surface area (Å²) in [5.74, 6) is 0.0570. The van der Waals surface area contributed by atoms with Gasteiger partial charge in [0.2, 0.25) is 0 Å². The normalized spacial score (nSPS) is 27.5. The van der Waals surface area contributed by atoms with Crippen molar-refractivity contribution in [2.24, 2.45) is 5.92 Å². The molecule has 1 atom stereocenters. The van der Waals surface area contributed by atoms with E-state index in [1.807, 2.05) is 13.8 Å². The van der Waals surface area contributed by atoms with Gasteiger partial charge < -0.3 is 10.0 Å². The summed E-state index contributed by atoms with van der Waals surface area (Å²) in [6, 6.07) is 0.699. The zero-order valence-corrected chi connectivity index (χ0v) is 13.1. The summed E-state index contributed by atoms with van der Waals surface area (Å²) in [4.78, 5) is 13.8. The first-order valence-corrected chi connectivity index (χ1v) is 7.46. The number of nitrogens with one attached hydrogen (secondary N) is 1. The molecule has 4 nitrogen and oxygen atoms in total. The monoisotopic (exact) mass is 270 g/mol. The standard InChI is InChI=1S/C15H30N2O2/c1-11(2)16-15(4,14(18)19)10-17(5)13-8-6-12(3)7-9-13/h11-13,16H,6-10H2,1-5H3,(H,18,19). The van der Waals surface area contributed by atoms with Gasteiger partial charge >= 0.3 is 5.97 Å². The fraction of sp³-hybridized carbons (Fsp3) is 0.933. The van der Waals surface area contributed by atoms with Gasteiger partial charge in [0.15, 0.2) is 0 Å². The molecule has 1 fully saturated rings. The van der Waals surface area contributed by atoms with Crippen LogP contribution in [-0.2, 0) is 4.79 Å². The number of hydrogen-bond acceptors (Lipinski definition) is 3. The van der Waals surface area contributed by atoms with E-state index in [1.165, 1.54) is 25.7 Å². The van der Waals surface area contributed by atoms with E-state index >= 15 is 0 Å². The van der Waals surface area contributed by atoms with Crippen LogP contribution in [0.1, 0.15) is 53.4 Å². The molecule has 19 heavy (non-hydrogen) atoms. The molecule has 1 aliphatic carbocycles. The maximum absolute atomic E-state index is 11.5. The summed E-state index contributed by atoms with van der Waals surface area (Å²) < 4.78 is 0. The van der Waals surface area contributed by atoms with E-state index in [1.54, 1.807) is 6.92 Å². The zero-order valence-electron chi connectivity index (χ0n) is 13.1. The summed E-state index contributed by atoms with van der Waals surface area (Å²) in [5.41, 5.74) is -0.869. The molecule has 0 saturated heterocycles. The maximum Gasteiger partial charge on any atom is 0.324 e. The van der Waals surface area contributed by atoms with Gasteiger partial charge in [0.1, 0.15) is 5.54 Å². The Labute approximate surface area is 117 Å². The molecule has 1 rings (SSSR count). The molecule has 1 aliphatic rings. The lowest BCUT2D eigenvalue weighted by molar-refractivity contribution is -0.145. The number of carboxylic acids is 1. The zero-order chi connectivity index (χ0) is 14.6. The van der Waals surface area contributed by atoms with Crippen LogP contribution in [0.4, 0.5) is 0 Å². The summed E-state index contributed by atoms with van der Waals surface area (Å²) >= 11 is 0. The molecule has 4 heteroatoms. The van der Waals surface area contributed by atoms with Crippen LogP contribution < -0.4 is 5.32 Å². The van der Waals surface area contributed by atoms with Crippen molar-refractivity contribution in [3.8, 4) is 0 Å². The van der Waals surface area contributed by atoms with Crippen LogP contribution in [-0.4, -0.2) is 47.2 Å². The third kappa shape index (κ3) is 4.77. The second-order valence-electron chi connectivity index (χ2n) is 6.77. The smallest absolute Gasteiger partial charge is 0.324 e. The van der Waals surface area contributed by atoms with E-state index in [4.69, 9.17) is 0 Å². The number of nitrogens with zero attached hydrogens (tertiary/aromatic N) is 1. The molecule has 1 saturated carbocycles. The van der Waals surface area contributed by atoms with Crippen molar-refractivity contribution >= 4 is 5.97 Å². The fourth-order valence-corrected chi connectivity index (χ4v) is 3.12. The molecule has 0 aromatic carbocycles. The lowest BCUT2D eigenvalue weighted by Crippen LogP contribution is -2.59. The van der Waals surface area contributed by atoms with Crippen LogP contribution in [0.25, 0.3) is 0 Å². The Balaban J connectivity index is 2.61. The first-order chi connectivity index (χ1) is 8.74. The first-order valence-electron chi connectivity index (χ1n) is 7.46. The highest BCUT2D eigenvalue weighted by Crippen LogP contribution is 2.27. The Kier molecular flexibility index (Phi) is 5.81. The first kappa shape index (κ1) is 16.4. The third-order valence-corrected chi connectivity index (χ3v) is 4.25. The Morgan fingerprint density at radius 3 is 2.32 bits per heavy atom. The van der Waals surface area contributed by atoms with Gasteiger partial charge in [0, 0.05) is 18.6 Å². The second kappa shape index (κ2) is 6.71. The quantitative estimate of drug-likeness (QED) is 0.778. The van der Waals surface area contributed by atoms with Gasteiger partial charge in [-0.1, -0.05) is 6.92 Å². The maximum atomic E-state index is 11.5. The lowest BCUT2D eigenvalue weighted by atomic mass is 9.86. The molecular formula is C15H30N2O2. The minimum Gasteiger partial charge on any atom is -0.480 e. The van der Waals surface area contributed by atoms with Crippen molar-refractivity contribution in [2.45, 2.75) is 71.0 Å². The van der Waals surface area contributed by atoms with Crippen molar-refractivity contribution in [3.63, 3.8) is 0 Å². The number of hydrogen-bond donors (Lipinski definition) is 2. The molecule has 0 aromatic heterocycles. The summed E-state index contributed by atoms with van der Waals surface area (Å²) in [7, 11) is 2.06. The molecule has 112 valence electrons. The minimum absolute atomic E-state index is 0.167. The molecular weight excluding hydrogens is 240 g/mol. The largest absolute Gasteiger partial charge is 0.480 e. The van der Waals surface area contributed by atoms with E-state index in [9.17, 15) is 9.90 Å². The Morgan fingerprint density at radius 1 is 1.37 bits per heavy atom. The average Bonchev–Trinajstić information content (AvgIpc) is 2.28. The topological polar surface area (TPSA) is 52.6 Å². The minimum atomic E-state index is -0.869. The van der Waals surface area contributed by atoms with Crippen LogP contribution in [0, 0.1) is 5.92 Å². The predicted molar refractivity (Wildman–Crippen MR) is 78.4 cm³/mol. The summed E-state index contributed by atoms with van der Waals surface area (Å²) in [6.45, 7) is 8.63. The molecule has 0 bridgehead atoms. The Bertz CT molecular complexity index is 299. The number of rotatable bonds is 6. The number of carboxylic acid groups (broad SMARTS) is 1. The van der Waals surface area contributed by atoms with Gasteiger partial charge in [-0.05, 0) is 59.4 Å². The number of carbonyl (C=O) groups is 1. The van der Waals surface area contributed by atoms with E-state index in [-0.39, 0.29) is 6.04 Å². The van der Waals surface area contributed by atoms with Gasteiger partial charge in [0.05, 0.1) is 0 Å². The molecule has 0 aromatic rings. The molecule has 0 amide bonds. The van der Waals surface area contributed by atoms with E-state index in [0.717, 1.165) is 5.92 Å². The fourth-order valence-electron chi connectivity index (χ4n) is 3.12.